The van der Waals surface area contributed by atoms with Crippen molar-refractivity contribution in [2.75, 3.05) is 0 Å². The number of nitrogens with zero attached hydrogens (tertiary/aromatic N) is 1. The van der Waals surface area contributed by atoms with Crippen molar-refractivity contribution in [1.82, 2.24) is 15.5 Å². The van der Waals surface area contributed by atoms with Crippen LogP contribution in [0.4, 0.5) is 4.39 Å². The van der Waals surface area contributed by atoms with E-state index in [4.69, 9.17) is 0 Å². The quantitative estimate of drug-likeness (QED) is 0.747. The maximum Gasteiger partial charge on any atom is 0.258 e. The molecule has 0 saturated carbocycles. The van der Waals surface area contributed by atoms with Gasteiger partial charge in [-0.3, -0.25) is 9.89 Å². The molecule has 1 amide bonds. The zero-order valence-electron chi connectivity index (χ0n) is 8.77. The lowest BCUT2D eigenvalue weighted by Gasteiger charge is -2.06. The number of hydrogen-bond donors (Lipinski definition) is 3. The van der Waals surface area contributed by atoms with E-state index in [0.29, 0.717) is 0 Å². The Morgan fingerprint density at radius 2 is 2.35 bits per heavy atom. The minimum atomic E-state index is -0.755. The molecule has 3 N–H and O–H groups in total. The summed E-state index contributed by atoms with van der Waals surface area (Å²) in [5.41, 5.74) is 0.408. The molecule has 6 heteroatoms. The number of phenols is 1. The van der Waals surface area contributed by atoms with Crippen LogP contribution < -0.4 is 5.32 Å². The summed E-state index contributed by atoms with van der Waals surface area (Å²) in [6.45, 7) is 0.211. The number of rotatable bonds is 3. The third-order valence-electron chi connectivity index (χ3n) is 2.23. The van der Waals surface area contributed by atoms with Gasteiger partial charge in [-0.25, -0.2) is 4.39 Å². The second kappa shape index (κ2) is 4.65. The molecule has 1 heterocycles. The van der Waals surface area contributed by atoms with E-state index in [1.807, 2.05) is 0 Å². The van der Waals surface area contributed by atoms with Crippen LogP contribution in [0.2, 0.25) is 0 Å². The maximum absolute atomic E-state index is 13.3. The highest BCUT2D eigenvalue weighted by Gasteiger charge is 2.15. The van der Waals surface area contributed by atoms with E-state index in [1.165, 1.54) is 12.1 Å². The summed E-state index contributed by atoms with van der Waals surface area (Å²) in [6.07, 6.45) is 3.16. The maximum atomic E-state index is 13.3. The van der Waals surface area contributed by atoms with Crippen LogP contribution in [0.5, 0.6) is 5.75 Å². The average molecular weight is 235 g/mol. The largest absolute Gasteiger partial charge is 0.507 e. The van der Waals surface area contributed by atoms with Gasteiger partial charge < -0.3 is 10.4 Å². The van der Waals surface area contributed by atoms with Crippen LogP contribution in [0.25, 0.3) is 0 Å². The summed E-state index contributed by atoms with van der Waals surface area (Å²) >= 11 is 0. The van der Waals surface area contributed by atoms with E-state index in [-0.39, 0.29) is 17.9 Å². The van der Waals surface area contributed by atoms with Gasteiger partial charge in [-0.1, -0.05) is 6.07 Å². The van der Waals surface area contributed by atoms with Crippen LogP contribution in [0.1, 0.15) is 15.9 Å². The molecule has 0 bridgehead atoms. The normalized spacial score (nSPS) is 10.2. The number of amides is 1. The molecular weight excluding hydrogens is 225 g/mol. The third-order valence-corrected chi connectivity index (χ3v) is 2.23. The van der Waals surface area contributed by atoms with Crippen molar-refractivity contribution < 1.29 is 14.3 Å². The summed E-state index contributed by atoms with van der Waals surface area (Å²) in [6, 6.07) is 3.71. The number of nitrogens with one attached hydrogen (secondary N) is 2. The first-order chi connectivity index (χ1) is 8.18. The zero-order valence-corrected chi connectivity index (χ0v) is 8.77. The molecule has 0 atom stereocenters. The van der Waals surface area contributed by atoms with Crippen molar-refractivity contribution in [3.05, 3.63) is 47.5 Å². The number of phenolic OH excluding ortho intramolecular Hbond substituents is 1. The van der Waals surface area contributed by atoms with Gasteiger partial charge in [0.2, 0.25) is 0 Å². The Balaban J connectivity index is 2.10. The fourth-order valence-electron chi connectivity index (χ4n) is 1.38. The highest BCUT2D eigenvalue weighted by atomic mass is 19.1. The van der Waals surface area contributed by atoms with Gasteiger partial charge in [-0.05, 0) is 12.1 Å². The van der Waals surface area contributed by atoms with E-state index in [0.717, 1.165) is 11.6 Å². The molecule has 0 fully saturated rings. The summed E-state index contributed by atoms with van der Waals surface area (Å²) in [4.78, 5) is 11.6. The lowest BCUT2D eigenvalue weighted by Crippen LogP contribution is -2.23. The van der Waals surface area contributed by atoms with E-state index in [9.17, 15) is 14.3 Å². The Hall–Kier alpha value is -2.37. The highest BCUT2D eigenvalue weighted by molar-refractivity contribution is 5.97. The number of carbonyl (C=O) groups is 1. The number of aromatic hydroxyl groups is 1. The predicted molar refractivity (Wildman–Crippen MR) is 57.8 cm³/mol. The minimum Gasteiger partial charge on any atom is -0.507 e. The number of benzene rings is 1. The second-order valence-corrected chi connectivity index (χ2v) is 3.42. The molecule has 2 rings (SSSR count). The molecule has 0 unspecified atom stereocenters. The van der Waals surface area contributed by atoms with Gasteiger partial charge >= 0.3 is 0 Å². The second-order valence-electron chi connectivity index (χ2n) is 3.42. The van der Waals surface area contributed by atoms with Crippen molar-refractivity contribution in [1.29, 1.82) is 0 Å². The Labute approximate surface area is 96.3 Å². The number of hydrogen-bond acceptors (Lipinski definition) is 3. The van der Waals surface area contributed by atoms with Gasteiger partial charge in [0.05, 0.1) is 6.20 Å². The number of aromatic nitrogens is 2. The van der Waals surface area contributed by atoms with Crippen molar-refractivity contribution in [2.45, 2.75) is 6.54 Å². The fraction of sp³-hybridized carbons (Fsp3) is 0.0909. The summed E-state index contributed by atoms with van der Waals surface area (Å²) in [5, 5.41) is 18.2. The lowest BCUT2D eigenvalue weighted by molar-refractivity contribution is 0.0944. The Kier molecular flexibility index (Phi) is 3.04. The van der Waals surface area contributed by atoms with E-state index < -0.39 is 11.7 Å². The average Bonchev–Trinajstić information content (AvgIpc) is 2.79. The smallest absolute Gasteiger partial charge is 0.258 e. The van der Waals surface area contributed by atoms with Crippen LogP contribution >= 0.6 is 0 Å². The van der Waals surface area contributed by atoms with Crippen LogP contribution in [0.15, 0.2) is 30.6 Å². The summed E-state index contributed by atoms with van der Waals surface area (Å²) < 4.78 is 13.3. The molecule has 2 aromatic rings. The number of H-pyrrole nitrogens is 1. The summed E-state index contributed by atoms with van der Waals surface area (Å²) in [7, 11) is 0. The van der Waals surface area contributed by atoms with Gasteiger partial charge in [0.1, 0.15) is 17.1 Å². The Bertz CT molecular complexity index is 505. The van der Waals surface area contributed by atoms with Crippen molar-refractivity contribution in [3.63, 3.8) is 0 Å². The van der Waals surface area contributed by atoms with Crippen LogP contribution in [0.3, 0.4) is 0 Å². The molecule has 1 aromatic heterocycles. The number of aromatic amines is 1. The molecule has 0 aliphatic rings. The molecule has 1 aromatic carbocycles. The summed E-state index contributed by atoms with van der Waals surface area (Å²) in [5.74, 6) is -1.80. The number of halogens is 1. The first-order valence-electron chi connectivity index (χ1n) is 4.92. The van der Waals surface area contributed by atoms with Gasteiger partial charge in [0.15, 0.2) is 0 Å². The molecule has 0 radical (unpaired) electrons. The van der Waals surface area contributed by atoms with Crippen LogP contribution in [-0.2, 0) is 6.54 Å². The first-order valence-corrected chi connectivity index (χ1v) is 4.92. The molecule has 5 nitrogen and oxygen atoms in total. The Morgan fingerprint density at radius 1 is 1.53 bits per heavy atom. The van der Waals surface area contributed by atoms with E-state index in [2.05, 4.69) is 15.5 Å². The van der Waals surface area contributed by atoms with Crippen LogP contribution in [0, 0.1) is 5.82 Å². The molecule has 88 valence electrons. The van der Waals surface area contributed by atoms with E-state index in [1.54, 1.807) is 12.4 Å². The highest BCUT2D eigenvalue weighted by Crippen LogP contribution is 2.19. The van der Waals surface area contributed by atoms with Crippen molar-refractivity contribution in [2.24, 2.45) is 0 Å². The standard InChI is InChI=1S/C11H10FN3O2/c12-8-2-1-3-9(16)10(8)11(17)13-4-7-5-14-15-6-7/h1-3,5-6,16H,4H2,(H,13,17)(H,14,15). The van der Waals surface area contributed by atoms with Crippen molar-refractivity contribution >= 4 is 5.91 Å². The molecule has 0 spiro atoms. The predicted octanol–water partition coefficient (Wildman–Crippen LogP) is 1.18. The molecule has 0 aliphatic carbocycles. The van der Waals surface area contributed by atoms with E-state index >= 15 is 0 Å². The molecule has 17 heavy (non-hydrogen) atoms. The van der Waals surface area contributed by atoms with Gasteiger partial charge in [-0.2, -0.15) is 5.10 Å². The van der Waals surface area contributed by atoms with Gasteiger partial charge in [0, 0.05) is 18.3 Å². The van der Waals surface area contributed by atoms with Gasteiger partial charge in [-0.15, -0.1) is 0 Å². The lowest BCUT2D eigenvalue weighted by atomic mass is 10.1. The van der Waals surface area contributed by atoms with Gasteiger partial charge in [0.25, 0.3) is 5.91 Å². The molecular formula is C11H10FN3O2. The fourth-order valence-corrected chi connectivity index (χ4v) is 1.38. The monoisotopic (exact) mass is 235 g/mol. The molecule has 0 aliphatic heterocycles. The minimum absolute atomic E-state index is 0.211. The number of carbonyl (C=O) groups excluding carboxylic acids is 1. The Morgan fingerprint density at radius 3 is 3.00 bits per heavy atom. The topological polar surface area (TPSA) is 78.0 Å². The SMILES string of the molecule is O=C(NCc1cn[nH]c1)c1c(O)cccc1F. The molecule has 0 saturated heterocycles. The van der Waals surface area contributed by atoms with Crippen molar-refractivity contribution in [3.8, 4) is 5.75 Å². The third kappa shape index (κ3) is 2.41. The first kappa shape index (κ1) is 11.1. The van der Waals surface area contributed by atoms with Crippen LogP contribution in [-0.4, -0.2) is 21.2 Å². The zero-order chi connectivity index (χ0) is 12.3.